The van der Waals surface area contributed by atoms with Crippen molar-refractivity contribution >= 4 is 23.2 Å². The zero-order valence-corrected chi connectivity index (χ0v) is 17.5. The van der Waals surface area contributed by atoms with Gasteiger partial charge < -0.3 is 14.5 Å². The van der Waals surface area contributed by atoms with E-state index in [9.17, 15) is 9.59 Å². The number of hydrogen-bond acceptors (Lipinski definition) is 4. The summed E-state index contributed by atoms with van der Waals surface area (Å²) >= 11 is 1.65. The third kappa shape index (κ3) is 5.67. The van der Waals surface area contributed by atoms with Crippen molar-refractivity contribution in [3.63, 3.8) is 0 Å². The molecule has 2 fully saturated rings. The highest BCUT2D eigenvalue weighted by atomic mass is 32.1. The van der Waals surface area contributed by atoms with Crippen LogP contribution < -0.4 is 0 Å². The molecular formula is C23H28N2O3S. The Balaban J connectivity index is 1.46. The standard InChI is InChI=1S/C23H28N2O3S/c26-22(17-25(23(27)19-10-11-19)15-20-8-4-12-28-20)24(16-21-9-5-13-29-21)14-18-6-2-1-3-7-18/h1-3,5-7,9,13,19-20H,4,8,10-12,14-17H2/t20-/m0/s1. The lowest BCUT2D eigenvalue weighted by atomic mass is 10.2. The summed E-state index contributed by atoms with van der Waals surface area (Å²) in [5, 5.41) is 2.03. The van der Waals surface area contributed by atoms with Crippen LogP contribution in [0, 0.1) is 5.92 Å². The third-order valence-electron chi connectivity index (χ3n) is 5.51. The number of hydrogen-bond donors (Lipinski definition) is 0. The maximum atomic E-state index is 13.3. The lowest BCUT2D eigenvalue weighted by Gasteiger charge is -2.29. The average Bonchev–Trinajstić information content (AvgIpc) is 3.21. The second kappa shape index (κ2) is 9.55. The predicted molar refractivity (Wildman–Crippen MR) is 113 cm³/mol. The van der Waals surface area contributed by atoms with Crippen LogP contribution in [0.15, 0.2) is 47.8 Å². The fraction of sp³-hybridized carbons (Fsp3) is 0.478. The molecule has 1 aliphatic heterocycles. The van der Waals surface area contributed by atoms with Crippen molar-refractivity contribution in [2.24, 2.45) is 5.92 Å². The zero-order valence-electron chi connectivity index (χ0n) is 16.7. The molecule has 0 radical (unpaired) electrons. The van der Waals surface area contributed by atoms with E-state index in [1.165, 1.54) is 0 Å². The first kappa shape index (κ1) is 20.1. The van der Waals surface area contributed by atoms with Gasteiger partial charge in [-0.2, -0.15) is 0 Å². The van der Waals surface area contributed by atoms with Gasteiger partial charge in [0.2, 0.25) is 11.8 Å². The fourth-order valence-electron chi connectivity index (χ4n) is 3.75. The van der Waals surface area contributed by atoms with E-state index in [1.807, 2.05) is 46.7 Å². The minimum absolute atomic E-state index is 0.00532. The Labute approximate surface area is 176 Å². The molecule has 0 spiro atoms. The van der Waals surface area contributed by atoms with Crippen LogP contribution in [0.2, 0.25) is 0 Å². The topological polar surface area (TPSA) is 49.9 Å². The first-order valence-electron chi connectivity index (χ1n) is 10.4. The van der Waals surface area contributed by atoms with Crippen LogP contribution in [0.4, 0.5) is 0 Å². The zero-order chi connectivity index (χ0) is 20.1. The highest BCUT2D eigenvalue weighted by Crippen LogP contribution is 2.31. The molecule has 1 aromatic carbocycles. The Morgan fingerprint density at radius 1 is 1.00 bits per heavy atom. The molecule has 1 atom stereocenters. The first-order valence-corrected chi connectivity index (χ1v) is 11.3. The number of carbonyl (C=O) groups is 2. The number of ether oxygens (including phenoxy) is 1. The number of carbonyl (C=O) groups excluding carboxylic acids is 2. The van der Waals surface area contributed by atoms with Gasteiger partial charge in [0, 0.05) is 30.5 Å². The van der Waals surface area contributed by atoms with Crippen molar-refractivity contribution in [1.82, 2.24) is 9.80 Å². The van der Waals surface area contributed by atoms with E-state index in [1.54, 1.807) is 16.2 Å². The van der Waals surface area contributed by atoms with Crippen LogP contribution in [0.5, 0.6) is 0 Å². The molecule has 1 aliphatic carbocycles. The third-order valence-corrected chi connectivity index (χ3v) is 6.37. The van der Waals surface area contributed by atoms with Gasteiger partial charge in [-0.25, -0.2) is 0 Å². The number of thiophene rings is 1. The van der Waals surface area contributed by atoms with Gasteiger partial charge >= 0.3 is 0 Å². The Morgan fingerprint density at radius 2 is 1.83 bits per heavy atom. The van der Waals surface area contributed by atoms with Gasteiger partial charge in [-0.3, -0.25) is 9.59 Å². The van der Waals surface area contributed by atoms with E-state index < -0.39 is 0 Å². The van der Waals surface area contributed by atoms with Crippen molar-refractivity contribution in [3.05, 3.63) is 58.3 Å². The fourth-order valence-corrected chi connectivity index (χ4v) is 4.46. The lowest BCUT2D eigenvalue weighted by Crippen LogP contribution is -2.45. The maximum absolute atomic E-state index is 13.3. The Hall–Kier alpha value is -2.18. The van der Waals surface area contributed by atoms with Gasteiger partial charge in [0.25, 0.3) is 0 Å². The van der Waals surface area contributed by atoms with Crippen LogP contribution in [-0.2, 0) is 27.4 Å². The van der Waals surface area contributed by atoms with Gasteiger partial charge in [0.05, 0.1) is 19.2 Å². The number of nitrogens with zero attached hydrogens (tertiary/aromatic N) is 2. The first-order chi connectivity index (χ1) is 14.2. The second-order valence-corrected chi connectivity index (χ2v) is 8.98. The lowest BCUT2D eigenvalue weighted by molar-refractivity contribution is -0.143. The molecule has 6 heteroatoms. The van der Waals surface area contributed by atoms with Crippen LogP contribution in [-0.4, -0.2) is 47.4 Å². The number of amides is 2. The highest BCUT2D eigenvalue weighted by Gasteiger charge is 2.36. The molecule has 5 nitrogen and oxygen atoms in total. The molecule has 2 aliphatic rings. The molecule has 2 heterocycles. The van der Waals surface area contributed by atoms with Crippen molar-refractivity contribution in [2.75, 3.05) is 19.7 Å². The summed E-state index contributed by atoms with van der Waals surface area (Å²) in [5.74, 6) is 0.211. The molecule has 2 aromatic rings. The normalized spacial score (nSPS) is 18.6. The molecular weight excluding hydrogens is 384 g/mol. The van der Waals surface area contributed by atoms with E-state index in [0.29, 0.717) is 19.6 Å². The molecule has 2 amide bonds. The van der Waals surface area contributed by atoms with Crippen LogP contribution in [0.25, 0.3) is 0 Å². The van der Waals surface area contributed by atoms with E-state index in [0.717, 1.165) is 42.7 Å². The average molecular weight is 413 g/mol. The molecule has 1 saturated carbocycles. The molecule has 0 bridgehead atoms. The summed E-state index contributed by atoms with van der Waals surface area (Å²) in [4.78, 5) is 30.9. The number of rotatable bonds is 9. The Kier molecular flexibility index (Phi) is 6.62. The van der Waals surface area contributed by atoms with Gasteiger partial charge in [0.15, 0.2) is 0 Å². The van der Waals surface area contributed by atoms with Crippen molar-refractivity contribution in [3.8, 4) is 0 Å². The molecule has 29 heavy (non-hydrogen) atoms. The smallest absolute Gasteiger partial charge is 0.242 e. The van der Waals surface area contributed by atoms with E-state index in [-0.39, 0.29) is 30.4 Å². The Morgan fingerprint density at radius 3 is 2.48 bits per heavy atom. The molecule has 4 rings (SSSR count). The SMILES string of the molecule is O=C(CN(C[C@@H]1CCCO1)C(=O)C1CC1)N(Cc1ccccc1)Cc1cccs1. The van der Waals surface area contributed by atoms with Crippen LogP contribution in [0.1, 0.15) is 36.1 Å². The molecule has 154 valence electrons. The quantitative estimate of drug-likeness (QED) is 0.631. The maximum Gasteiger partial charge on any atom is 0.242 e. The molecule has 0 N–H and O–H groups in total. The monoisotopic (exact) mass is 412 g/mol. The van der Waals surface area contributed by atoms with E-state index >= 15 is 0 Å². The van der Waals surface area contributed by atoms with E-state index in [4.69, 9.17) is 4.74 Å². The summed E-state index contributed by atoms with van der Waals surface area (Å²) in [7, 11) is 0. The summed E-state index contributed by atoms with van der Waals surface area (Å²) in [5.41, 5.74) is 1.09. The van der Waals surface area contributed by atoms with Gasteiger partial charge in [-0.05, 0) is 42.7 Å². The molecule has 1 saturated heterocycles. The molecule has 1 aromatic heterocycles. The van der Waals surface area contributed by atoms with Crippen molar-refractivity contribution < 1.29 is 14.3 Å². The highest BCUT2D eigenvalue weighted by molar-refractivity contribution is 7.09. The van der Waals surface area contributed by atoms with Crippen LogP contribution in [0.3, 0.4) is 0 Å². The minimum atomic E-state index is -0.00532. The second-order valence-electron chi connectivity index (χ2n) is 7.94. The van der Waals surface area contributed by atoms with E-state index in [2.05, 4.69) is 6.07 Å². The van der Waals surface area contributed by atoms with Gasteiger partial charge in [-0.15, -0.1) is 11.3 Å². The molecule has 0 unspecified atom stereocenters. The van der Waals surface area contributed by atoms with Crippen LogP contribution >= 0.6 is 11.3 Å². The Bertz CT molecular complexity index is 799. The van der Waals surface area contributed by atoms with Crippen molar-refractivity contribution in [1.29, 1.82) is 0 Å². The number of benzene rings is 1. The summed E-state index contributed by atoms with van der Waals surface area (Å²) in [6, 6.07) is 14.1. The van der Waals surface area contributed by atoms with Crippen molar-refractivity contribution in [2.45, 2.75) is 44.9 Å². The predicted octanol–water partition coefficient (Wildman–Crippen LogP) is 3.69. The summed E-state index contributed by atoms with van der Waals surface area (Å²) in [6.45, 7) is 2.52. The largest absolute Gasteiger partial charge is 0.376 e. The van der Waals surface area contributed by atoms with Gasteiger partial charge in [-0.1, -0.05) is 36.4 Å². The summed E-state index contributed by atoms with van der Waals surface area (Å²) in [6.07, 6.45) is 3.94. The van der Waals surface area contributed by atoms with Gasteiger partial charge in [0.1, 0.15) is 0 Å². The summed E-state index contributed by atoms with van der Waals surface area (Å²) < 4.78 is 5.74. The minimum Gasteiger partial charge on any atom is -0.376 e.